The highest BCUT2D eigenvalue weighted by atomic mass is 32.2. The molecule has 0 aromatic heterocycles. The van der Waals surface area contributed by atoms with Gasteiger partial charge in [-0.1, -0.05) is 12.8 Å². The number of amides is 1. The maximum atomic E-state index is 11.1. The molecule has 1 fully saturated rings. The van der Waals surface area contributed by atoms with Gasteiger partial charge in [-0.05, 0) is 37.3 Å². The molecule has 1 aliphatic rings. The minimum absolute atomic E-state index is 0.446. The van der Waals surface area contributed by atoms with Crippen LogP contribution in [-0.2, 0) is 0 Å². The van der Waals surface area contributed by atoms with Crippen molar-refractivity contribution in [2.45, 2.75) is 37.0 Å². The first-order chi connectivity index (χ1) is 9.11. The van der Waals surface area contributed by atoms with Gasteiger partial charge < -0.3 is 16.8 Å². The van der Waals surface area contributed by atoms with Crippen LogP contribution in [-0.4, -0.2) is 23.5 Å². The van der Waals surface area contributed by atoms with Gasteiger partial charge in [0.1, 0.15) is 0 Å². The summed E-state index contributed by atoms with van der Waals surface area (Å²) in [4.78, 5) is 11.1. The zero-order chi connectivity index (χ0) is 13.8. The molecule has 19 heavy (non-hydrogen) atoms. The van der Waals surface area contributed by atoms with E-state index >= 15 is 0 Å². The second kappa shape index (κ2) is 6.19. The van der Waals surface area contributed by atoms with E-state index in [4.69, 9.17) is 11.5 Å². The van der Waals surface area contributed by atoms with Gasteiger partial charge in [0.15, 0.2) is 0 Å². The number of carbonyl (C=O) groups excluding carboxylic acids is 1. The molecule has 2 unspecified atom stereocenters. The topological polar surface area (TPSA) is 81.1 Å². The molecule has 0 aliphatic heterocycles. The molecule has 2 rings (SSSR count). The molecule has 1 aromatic rings. The minimum atomic E-state index is -0.446. The number of hydrogen-bond donors (Lipinski definition) is 3. The number of benzene rings is 1. The third-order valence-corrected chi connectivity index (χ3v) is 4.85. The largest absolute Gasteiger partial charge is 0.397 e. The van der Waals surface area contributed by atoms with Crippen molar-refractivity contribution in [2.75, 3.05) is 17.3 Å². The van der Waals surface area contributed by atoms with E-state index in [1.165, 1.54) is 25.7 Å². The van der Waals surface area contributed by atoms with E-state index in [1.807, 2.05) is 17.8 Å². The number of nitrogens with one attached hydrogen (secondary N) is 1. The Morgan fingerprint density at radius 3 is 2.74 bits per heavy atom. The fourth-order valence-corrected chi connectivity index (χ4v) is 3.53. The third-order valence-electron chi connectivity index (χ3n) is 3.68. The third kappa shape index (κ3) is 3.35. The summed E-state index contributed by atoms with van der Waals surface area (Å²) >= 11 is 1.91. The van der Waals surface area contributed by atoms with Crippen molar-refractivity contribution >= 4 is 29.0 Å². The molecular formula is C14H21N3OS. The highest BCUT2D eigenvalue weighted by Crippen LogP contribution is 2.31. The Morgan fingerprint density at radius 1 is 1.37 bits per heavy atom. The summed E-state index contributed by atoms with van der Waals surface area (Å²) in [7, 11) is 0. The summed E-state index contributed by atoms with van der Waals surface area (Å²) in [6, 6.07) is 5.66. The lowest BCUT2D eigenvalue weighted by atomic mass is 9.94. The van der Waals surface area contributed by atoms with Crippen LogP contribution in [0.5, 0.6) is 0 Å². The Kier molecular flexibility index (Phi) is 4.58. The van der Waals surface area contributed by atoms with Gasteiger partial charge in [-0.3, -0.25) is 4.79 Å². The molecule has 4 nitrogen and oxygen atoms in total. The van der Waals surface area contributed by atoms with Gasteiger partial charge in [-0.25, -0.2) is 0 Å². The van der Waals surface area contributed by atoms with Crippen molar-refractivity contribution in [3.63, 3.8) is 0 Å². The molecule has 0 saturated heterocycles. The standard InChI is InChI=1S/C14H21N3OS/c1-19-13-5-3-2-4-12(13)17-11-7-6-9(14(16)18)8-10(11)15/h6-8,12-13,17H,2-5,15H2,1H3,(H2,16,18). The average molecular weight is 279 g/mol. The Bertz CT molecular complexity index is 464. The second-order valence-corrected chi connectivity index (χ2v) is 6.05. The zero-order valence-electron chi connectivity index (χ0n) is 11.2. The van der Waals surface area contributed by atoms with Crippen LogP contribution in [0.2, 0.25) is 0 Å². The average Bonchev–Trinajstić information content (AvgIpc) is 2.41. The highest BCUT2D eigenvalue weighted by molar-refractivity contribution is 7.99. The van der Waals surface area contributed by atoms with Crippen LogP contribution in [0.3, 0.4) is 0 Å². The highest BCUT2D eigenvalue weighted by Gasteiger charge is 2.24. The van der Waals surface area contributed by atoms with Crippen LogP contribution in [0, 0.1) is 0 Å². The lowest BCUT2D eigenvalue weighted by Crippen LogP contribution is -2.34. The fourth-order valence-electron chi connectivity index (χ4n) is 2.59. The number of hydrogen-bond acceptors (Lipinski definition) is 4. The van der Waals surface area contributed by atoms with E-state index in [0.29, 0.717) is 22.5 Å². The summed E-state index contributed by atoms with van der Waals surface area (Å²) < 4.78 is 0. The van der Waals surface area contributed by atoms with Crippen LogP contribution in [0.15, 0.2) is 18.2 Å². The summed E-state index contributed by atoms with van der Waals surface area (Å²) in [6.07, 6.45) is 7.14. The van der Waals surface area contributed by atoms with Crippen molar-refractivity contribution < 1.29 is 4.79 Å². The van der Waals surface area contributed by atoms with Crippen molar-refractivity contribution in [1.82, 2.24) is 0 Å². The van der Waals surface area contributed by atoms with Gasteiger partial charge in [0, 0.05) is 16.9 Å². The number of rotatable bonds is 4. The Hall–Kier alpha value is -1.36. The maximum Gasteiger partial charge on any atom is 0.248 e. The molecule has 1 amide bonds. The van der Waals surface area contributed by atoms with E-state index in [-0.39, 0.29) is 0 Å². The molecule has 0 radical (unpaired) electrons. The van der Waals surface area contributed by atoms with Gasteiger partial charge in [-0.2, -0.15) is 11.8 Å². The van der Waals surface area contributed by atoms with Crippen molar-refractivity contribution in [1.29, 1.82) is 0 Å². The van der Waals surface area contributed by atoms with Crippen molar-refractivity contribution in [2.24, 2.45) is 5.73 Å². The summed E-state index contributed by atoms with van der Waals surface area (Å²) in [6.45, 7) is 0. The fraction of sp³-hybridized carbons (Fsp3) is 0.500. The molecule has 1 saturated carbocycles. The van der Waals surface area contributed by atoms with Crippen LogP contribution >= 0.6 is 11.8 Å². The molecule has 2 atom stereocenters. The van der Waals surface area contributed by atoms with Gasteiger partial charge >= 0.3 is 0 Å². The molecule has 1 aromatic carbocycles. The van der Waals surface area contributed by atoms with Crippen LogP contribution < -0.4 is 16.8 Å². The van der Waals surface area contributed by atoms with Crippen LogP contribution in [0.4, 0.5) is 11.4 Å². The SMILES string of the molecule is CSC1CCCCC1Nc1ccc(C(N)=O)cc1N. The van der Waals surface area contributed by atoms with Gasteiger partial charge in [0.25, 0.3) is 0 Å². The Morgan fingerprint density at radius 2 is 2.11 bits per heavy atom. The quantitative estimate of drug-likeness (QED) is 0.739. The maximum absolute atomic E-state index is 11.1. The zero-order valence-corrected chi connectivity index (χ0v) is 12.0. The summed E-state index contributed by atoms with van der Waals surface area (Å²) in [5, 5.41) is 4.15. The van der Waals surface area contributed by atoms with E-state index < -0.39 is 5.91 Å². The second-order valence-electron chi connectivity index (χ2n) is 4.98. The normalized spacial score (nSPS) is 23.0. The number of thioether (sulfide) groups is 1. The van der Waals surface area contributed by atoms with Crippen molar-refractivity contribution in [3.8, 4) is 0 Å². The minimum Gasteiger partial charge on any atom is -0.397 e. The molecular weight excluding hydrogens is 258 g/mol. The van der Waals surface area contributed by atoms with Crippen LogP contribution in [0.25, 0.3) is 0 Å². The number of nitrogens with two attached hydrogens (primary N) is 2. The number of carbonyl (C=O) groups is 1. The van der Waals surface area contributed by atoms with Crippen LogP contribution in [0.1, 0.15) is 36.0 Å². The summed E-state index contributed by atoms with van der Waals surface area (Å²) in [5.41, 5.74) is 13.2. The molecule has 0 heterocycles. The monoisotopic (exact) mass is 279 g/mol. The van der Waals surface area contributed by atoms with Gasteiger partial charge in [-0.15, -0.1) is 0 Å². The lowest BCUT2D eigenvalue weighted by Gasteiger charge is -2.32. The molecule has 5 heteroatoms. The Labute approximate surface area is 118 Å². The van der Waals surface area contributed by atoms with E-state index in [2.05, 4.69) is 11.6 Å². The van der Waals surface area contributed by atoms with E-state index in [1.54, 1.807) is 12.1 Å². The predicted molar refractivity (Wildman–Crippen MR) is 82.6 cm³/mol. The first-order valence-electron chi connectivity index (χ1n) is 6.60. The van der Waals surface area contributed by atoms with Gasteiger partial charge in [0.2, 0.25) is 5.91 Å². The van der Waals surface area contributed by atoms with E-state index in [0.717, 1.165) is 5.69 Å². The molecule has 0 bridgehead atoms. The summed E-state index contributed by atoms with van der Waals surface area (Å²) in [5.74, 6) is -0.446. The molecule has 104 valence electrons. The molecule has 5 N–H and O–H groups in total. The molecule has 0 spiro atoms. The number of primary amides is 1. The predicted octanol–water partition coefficient (Wildman–Crippen LogP) is 2.45. The first-order valence-corrected chi connectivity index (χ1v) is 7.89. The first kappa shape index (κ1) is 14.1. The Balaban J connectivity index is 2.11. The van der Waals surface area contributed by atoms with Crippen molar-refractivity contribution in [3.05, 3.63) is 23.8 Å². The molecule has 1 aliphatic carbocycles. The number of anilines is 2. The lowest BCUT2D eigenvalue weighted by molar-refractivity contribution is 0.100. The number of nitrogen functional groups attached to an aromatic ring is 1. The van der Waals surface area contributed by atoms with Gasteiger partial charge in [0.05, 0.1) is 11.4 Å². The van der Waals surface area contributed by atoms with E-state index in [9.17, 15) is 4.79 Å². The smallest absolute Gasteiger partial charge is 0.248 e.